The number of ether oxygens (including phenoxy) is 1. The van der Waals surface area contributed by atoms with Crippen LogP contribution in [0.25, 0.3) is 0 Å². The van der Waals surface area contributed by atoms with Crippen LogP contribution in [-0.2, 0) is 9.53 Å². The maximum atomic E-state index is 11.4. The smallest absolute Gasteiger partial charge is 0.306 e. The Morgan fingerprint density at radius 2 is 2.20 bits per heavy atom. The van der Waals surface area contributed by atoms with Crippen LogP contribution in [0.3, 0.4) is 0 Å². The second-order valence-corrected chi connectivity index (χ2v) is 4.73. The average molecular weight is 211 g/mol. The molecule has 3 heteroatoms. The van der Waals surface area contributed by atoms with E-state index in [9.17, 15) is 4.79 Å². The van der Waals surface area contributed by atoms with Crippen LogP contribution in [-0.4, -0.2) is 25.2 Å². The molecule has 0 aromatic heterocycles. The summed E-state index contributed by atoms with van der Waals surface area (Å²) in [6.07, 6.45) is 5.89. The largest absolute Gasteiger partial charge is 0.466 e. The summed E-state index contributed by atoms with van der Waals surface area (Å²) < 4.78 is 5.02. The van der Waals surface area contributed by atoms with Crippen LogP contribution in [0.15, 0.2) is 0 Å². The Morgan fingerprint density at radius 1 is 1.40 bits per heavy atom. The van der Waals surface area contributed by atoms with Gasteiger partial charge in [-0.25, -0.2) is 0 Å². The van der Waals surface area contributed by atoms with Gasteiger partial charge >= 0.3 is 5.97 Å². The van der Waals surface area contributed by atoms with Gasteiger partial charge in [-0.05, 0) is 38.1 Å². The van der Waals surface area contributed by atoms with E-state index in [1.807, 2.05) is 6.92 Å². The molecule has 0 aromatic carbocycles. The van der Waals surface area contributed by atoms with Crippen molar-refractivity contribution in [1.29, 1.82) is 0 Å². The van der Waals surface area contributed by atoms with Gasteiger partial charge in [-0.1, -0.05) is 12.8 Å². The Balaban J connectivity index is 1.85. The molecule has 3 atom stereocenters. The minimum Gasteiger partial charge on any atom is -0.466 e. The highest BCUT2D eigenvalue weighted by molar-refractivity contribution is 5.69. The molecular formula is C12H21NO2. The Morgan fingerprint density at radius 3 is 3.00 bits per heavy atom. The van der Waals surface area contributed by atoms with E-state index in [2.05, 4.69) is 5.32 Å². The molecule has 1 heterocycles. The van der Waals surface area contributed by atoms with E-state index in [-0.39, 0.29) is 5.97 Å². The first-order valence-corrected chi connectivity index (χ1v) is 6.20. The molecule has 15 heavy (non-hydrogen) atoms. The number of nitrogens with one attached hydrogen (secondary N) is 1. The Kier molecular flexibility index (Phi) is 3.62. The van der Waals surface area contributed by atoms with Crippen molar-refractivity contribution in [3.8, 4) is 0 Å². The molecule has 1 saturated heterocycles. The van der Waals surface area contributed by atoms with Gasteiger partial charge in [-0.2, -0.15) is 0 Å². The monoisotopic (exact) mass is 211 g/mol. The van der Waals surface area contributed by atoms with Crippen LogP contribution in [0.1, 0.15) is 39.0 Å². The van der Waals surface area contributed by atoms with Gasteiger partial charge in [-0.15, -0.1) is 0 Å². The fourth-order valence-electron chi connectivity index (χ4n) is 3.09. The second kappa shape index (κ2) is 4.97. The van der Waals surface area contributed by atoms with E-state index in [0.29, 0.717) is 25.0 Å². The number of hydrogen-bond acceptors (Lipinski definition) is 3. The number of carbonyl (C=O) groups is 1. The maximum Gasteiger partial charge on any atom is 0.306 e. The van der Waals surface area contributed by atoms with Crippen LogP contribution in [0, 0.1) is 11.8 Å². The lowest BCUT2D eigenvalue weighted by Crippen LogP contribution is -2.30. The third kappa shape index (κ3) is 2.51. The van der Waals surface area contributed by atoms with Crippen molar-refractivity contribution in [2.45, 2.75) is 45.1 Å². The topological polar surface area (TPSA) is 38.3 Å². The molecule has 2 rings (SSSR count). The third-order valence-corrected chi connectivity index (χ3v) is 3.80. The Bertz CT molecular complexity index is 230. The summed E-state index contributed by atoms with van der Waals surface area (Å²) in [5, 5.41) is 3.55. The molecule has 1 saturated carbocycles. The molecule has 0 radical (unpaired) electrons. The lowest BCUT2D eigenvalue weighted by Gasteiger charge is -2.28. The molecule has 3 nitrogen and oxygen atoms in total. The molecule has 3 unspecified atom stereocenters. The molecule has 0 aromatic rings. The van der Waals surface area contributed by atoms with Gasteiger partial charge in [0.25, 0.3) is 0 Å². The van der Waals surface area contributed by atoms with Crippen molar-refractivity contribution in [1.82, 2.24) is 5.32 Å². The highest BCUT2D eigenvalue weighted by Crippen LogP contribution is 2.36. The van der Waals surface area contributed by atoms with E-state index in [1.165, 1.54) is 25.7 Å². The Labute approximate surface area is 91.6 Å². The molecule has 0 amide bonds. The summed E-state index contributed by atoms with van der Waals surface area (Å²) in [7, 11) is 0. The van der Waals surface area contributed by atoms with E-state index >= 15 is 0 Å². The van der Waals surface area contributed by atoms with Crippen molar-refractivity contribution < 1.29 is 9.53 Å². The minimum atomic E-state index is -0.0180. The zero-order valence-corrected chi connectivity index (χ0v) is 9.50. The van der Waals surface area contributed by atoms with Gasteiger partial charge in [0.1, 0.15) is 0 Å². The Hall–Kier alpha value is -0.570. The maximum absolute atomic E-state index is 11.4. The summed E-state index contributed by atoms with van der Waals surface area (Å²) in [6, 6.07) is 0.679. The summed E-state index contributed by atoms with van der Waals surface area (Å²) >= 11 is 0. The van der Waals surface area contributed by atoms with Gasteiger partial charge in [0.05, 0.1) is 6.61 Å². The summed E-state index contributed by atoms with van der Waals surface area (Å²) in [6.45, 7) is 3.38. The van der Waals surface area contributed by atoms with E-state index in [0.717, 1.165) is 12.5 Å². The summed E-state index contributed by atoms with van der Waals surface area (Å²) in [4.78, 5) is 11.4. The van der Waals surface area contributed by atoms with Crippen LogP contribution >= 0.6 is 0 Å². The number of carbonyl (C=O) groups excluding carboxylic acids is 1. The predicted molar refractivity (Wildman–Crippen MR) is 58.5 cm³/mol. The van der Waals surface area contributed by atoms with Gasteiger partial charge < -0.3 is 10.1 Å². The SMILES string of the molecule is CCOC(=O)CC1CNC2CCCCC12. The fourth-order valence-corrected chi connectivity index (χ4v) is 3.09. The van der Waals surface area contributed by atoms with E-state index in [4.69, 9.17) is 4.74 Å². The zero-order chi connectivity index (χ0) is 10.7. The second-order valence-electron chi connectivity index (χ2n) is 4.73. The van der Waals surface area contributed by atoms with Crippen molar-refractivity contribution >= 4 is 5.97 Å². The van der Waals surface area contributed by atoms with E-state index < -0.39 is 0 Å². The first-order valence-electron chi connectivity index (χ1n) is 6.20. The van der Waals surface area contributed by atoms with E-state index in [1.54, 1.807) is 0 Å². The number of esters is 1. The molecule has 0 spiro atoms. The first kappa shape index (κ1) is 10.9. The summed E-state index contributed by atoms with van der Waals surface area (Å²) in [5.41, 5.74) is 0. The minimum absolute atomic E-state index is 0.0180. The molecule has 1 aliphatic carbocycles. The molecule has 2 aliphatic rings. The summed E-state index contributed by atoms with van der Waals surface area (Å²) in [5.74, 6) is 1.23. The highest BCUT2D eigenvalue weighted by Gasteiger charge is 2.38. The van der Waals surface area contributed by atoms with Crippen LogP contribution < -0.4 is 5.32 Å². The highest BCUT2D eigenvalue weighted by atomic mass is 16.5. The van der Waals surface area contributed by atoms with Gasteiger partial charge in [0, 0.05) is 12.5 Å². The van der Waals surface area contributed by atoms with Crippen molar-refractivity contribution in [2.75, 3.05) is 13.2 Å². The third-order valence-electron chi connectivity index (χ3n) is 3.80. The van der Waals surface area contributed by atoms with Crippen molar-refractivity contribution in [3.63, 3.8) is 0 Å². The molecular weight excluding hydrogens is 190 g/mol. The lowest BCUT2D eigenvalue weighted by atomic mass is 9.79. The van der Waals surface area contributed by atoms with Crippen molar-refractivity contribution in [2.24, 2.45) is 11.8 Å². The quantitative estimate of drug-likeness (QED) is 0.722. The fraction of sp³-hybridized carbons (Fsp3) is 0.917. The van der Waals surface area contributed by atoms with Crippen LogP contribution in [0.2, 0.25) is 0 Å². The molecule has 1 N–H and O–H groups in total. The van der Waals surface area contributed by atoms with Crippen molar-refractivity contribution in [3.05, 3.63) is 0 Å². The number of fused-ring (bicyclic) bond motifs is 1. The first-order chi connectivity index (χ1) is 7.31. The van der Waals surface area contributed by atoms with Gasteiger partial charge in [0.2, 0.25) is 0 Å². The zero-order valence-electron chi connectivity index (χ0n) is 9.50. The predicted octanol–water partition coefficient (Wildman–Crippen LogP) is 1.72. The average Bonchev–Trinajstić information content (AvgIpc) is 2.62. The van der Waals surface area contributed by atoms with Gasteiger partial charge in [0.15, 0.2) is 0 Å². The molecule has 86 valence electrons. The van der Waals surface area contributed by atoms with Crippen LogP contribution in [0.4, 0.5) is 0 Å². The normalized spacial score (nSPS) is 34.9. The molecule has 0 bridgehead atoms. The standard InChI is InChI=1S/C12H21NO2/c1-2-15-12(14)7-9-8-13-11-6-4-3-5-10(9)11/h9-11,13H,2-8H2,1H3. The molecule has 1 aliphatic heterocycles. The van der Waals surface area contributed by atoms with Gasteiger partial charge in [-0.3, -0.25) is 4.79 Å². The van der Waals surface area contributed by atoms with Crippen LogP contribution in [0.5, 0.6) is 0 Å². The number of rotatable bonds is 3. The molecule has 2 fully saturated rings. The number of hydrogen-bond donors (Lipinski definition) is 1. The lowest BCUT2D eigenvalue weighted by molar-refractivity contribution is -0.144.